The lowest BCUT2D eigenvalue weighted by Gasteiger charge is -2.31. The van der Waals surface area contributed by atoms with E-state index in [1.807, 2.05) is 78.9 Å². The van der Waals surface area contributed by atoms with Gasteiger partial charge in [0.05, 0.1) is 5.92 Å². The number of imide groups is 1. The van der Waals surface area contributed by atoms with Crippen LogP contribution >= 0.6 is 0 Å². The highest BCUT2D eigenvalue weighted by Gasteiger charge is 2.39. The zero-order valence-corrected chi connectivity index (χ0v) is 14.7. The molecule has 1 aliphatic heterocycles. The summed E-state index contributed by atoms with van der Waals surface area (Å²) in [5.74, 6) is -1.17. The summed E-state index contributed by atoms with van der Waals surface area (Å²) in [5.41, 5.74) is 3.22. The third-order valence-electron chi connectivity index (χ3n) is 4.74. The normalized spacial score (nSPS) is 16.3. The van der Waals surface area contributed by atoms with Crippen LogP contribution in [0, 0.1) is 0 Å². The number of benzene rings is 3. The molecule has 0 N–H and O–H groups in total. The van der Waals surface area contributed by atoms with Gasteiger partial charge in [-0.2, -0.15) is 0 Å². The van der Waals surface area contributed by atoms with E-state index in [-0.39, 0.29) is 12.5 Å². The maximum atomic E-state index is 13.1. The second-order valence-corrected chi connectivity index (χ2v) is 6.53. The first-order valence-corrected chi connectivity index (χ1v) is 8.92. The monoisotopic (exact) mass is 357 g/mol. The molecule has 0 spiro atoms. The number of amides is 2. The van der Waals surface area contributed by atoms with Crippen molar-refractivity contribution in [1.82, 2.24) is 5.06 Å². The van der Waals surface area contributed by atoms with Crippen LogP contribution in [0.3, 0.4) is 0 Å². The maximum absolute atomic E-state index is 13.1. The van der Waals surface area contributed by atoms with Crippen LogP contribution in [0.5, 0.6) is 0 Å². The minimum atomic E-state index is -0.447. The molecule has 0 aromatic heterocycles. The lowest BCUT2D eigenvalue weighted by Crippen LogP contribution is -2.45. The number of hydrogen-bond donors (Lipinski definition) is 0. The second kappa shape index (κ2) is 7.56. The van der Waals surface area contributed by atoms with Gasteiger partial charge in [-0.1, -0.05) is 78.9 Å². The predicted octanol–water partition coefficient (Wildman–Crippen LogP) is 4.13. The van der Waals surface area contributed by atoms with Crippen LogP contribution in [-0.4, -0.2) is 16.9 Å². The molecule has 2 amide bonds. The summed E-state index contributed by atoms with van der Waals surface area (Å²) in [5, 5.41) is 0.933. The van der Waals surface area contributed by atoms with E-state index < -0.39 is 11.8 Å². The van der Waals surface area contributed by atoms with Crippen molar-refractivity contribution in [2.75, 3.05) is 0 Å². The predicted molar refractivity (Wildman–Crippen MR) is 102 cm³/mol. The Morgan fingerprint density at radius 3 is 2.04 bits per heavy atom. The highest BCUT2D eigenvalue weighted by molar-refractivity contribution is 6.10. The number of hydroxylamine groups is 2. The van der Waals surface area contributed by atoms with Crippen molar-refractivity contribution in [3.8, 4) is 0 Å². The Kier molecular flexibility index (Phi) is 4.81. The number of rotatable bonds is 5. The van der Waals surface area contributed by atoms with Crippen LogP contribution in [0.15, 0.2) is 84.9 Å². The van der Waals surface area contributed by atoms with Gasteiger partial charge in [0.1, 0.15) is 6.61 Å². The largest absolute Gasteiger partial charge is 0.285 e. The van der Waals surface area contributed by atoms with E-state index in [4.69, 9.17) is 4.84 Å². The Morgan fingerprint density at radius 1 is 0.741 bits per heavy atom. The molecule has 0 saturated carbocycles. The van der Waals surface area contributed by atoms with Crippen LogP contribution < -0.4 is 0 Å². The molecule has 0 unspecified atom stereocenters. The maximum Gasteiger partial charge on any atom is 0.285 e. The van der Waals surface area contributed by atoms with Gasteiger partial charge in [-0.05, 0) is 29.2 Å². The molecule has 0 aliphatic carbocycles. The minimum Gasteiger partial charge on any atom is -0.271 e. The van der Waals surface area contributed by atoms with E-state index in [0.29, 0.717) is 12.0 Å². The molecule has 134 valence electrons. The van der Waals surface area contributed by atoms with Crippen molar-refractivity contribution in [3.63, 3.8) is 0 Å². The van der Waals surface area contributed by atoms with E-state index in [1.54, 1.807) is 6.07 Å². The lowest BCUT2D eigenvalue weighted by atomic mass is 9.85. The van der Waals surface area contributed by atoms with Crippen LogP contribution in [0.4, 0.5) is 0 Å². The van der Waals surface area contributed by atoms with Gasteiger partial charge >= 0.3 is 0 Å². The highest BCUT2D eigenvalue weighted by Crippen LogP contribution is 2.32. The van der Waals surface area contributed by atoms with Crippen molar-refractivity contribution >= 4 is 11.8 Å². The van der Waals surface area contributed by atoms with Gasteiger partial charge in [0.25, 0.3) is 11.8 Å². The molecule has 4 rings (SSSR count). The van der Waals surface area contributed by atoms with E-state index in [2.05, 4.69) is 0 Å². The second-order valence-electron chi connectivity index (χ2n) is 6.53. The fourth-order valence-corrected chi connectivity index (χ4v) is 3.36. The Bertz CT molecular complexity index is 954. The number of carbonyl (C=O) groups excluding carboxylic acids is 2. The smallest absolute Gasteiger partial charge is 0.271 e. The Hall–Kier alpha value is -3.24. The van der Waals surface area contributed by atoms with Crippen molar-refractivity contribution in [1.29, 1.82) is 0 Å². The van der Waals surface area contributed by atoms with Gasteiger partial charge in [0.15, 0.2) is 0 Å². The third-order valence-corrected chi connectivity index (χ3v) is 4.74. The van der Waals surface area contributed by atoms with Gasteiger partial charge in [0.2, 0.25) is 0 Å². The molecule has 1 atom stereocenters. The number of fused-ring (bicyclic) bond motifs is 1. The van der Waals surface area contributed by atoms with Crippen molar-refractivity contribution in [2.45, 2.75) is 18.9 Å². The molecule has 1 heterocycles. The van der Waals surface area contributed by atoms with Gasteiger partial charge in [-0.15, -0.1) is 5.06 Å². The zero-order valence-electron chi connectivity index (χ0n) is 14.7. The number of hydrogen-bond acceptors (Lipinski definition) is 3. The van der Waals surface area contributed by atoms with Crippen LogP contribution in [0.1, 0.15) is 33.0 Å². The molecule has 0 fully saturated rings. The summed E-state index contributed by atoms with van der Waals surface area (Å²) >= 11 is 0. The topological polar surface area (TPSA) is 46.6 Å². The summed E-state index contributed by atoms with van der Waals surface area (Å²) < 4.78 is 0. The van der Waals surface area contributed by atoms with E-state index in [9.17, 15) is 9.59 Å². The van der Waals surface area contributed by atoms with Gasteiger partial charge < -0.3 is 0 Å². The van der Waals surface area contributed by atoms with Crippen molar-refractivity contribution in [2.24, 2.45) is 0 Å². The van der Waals surface area contributed by atoms with Gasteiger partial charge in [-0.25, -0.2) is 0 Å². The molecule has 4 nitrogen and oxygen atoms in total. The first-order valence-electron chi connectivity index (χ1n) is 8.92. The quantitative estimate of drug-likeness (QED) is 0.645. The molecule has 1 aliphatic rings. The van der Waals surface area contributed by atoms with Crippen LogP contribution in [0.2, 0.25) is 0 Å². The summed E-state index contributed by atoms with van der Waals surface area (Å²) in [6, 6.07) is 26.6. The third kappa shape index (κ3) is 3.52. The minimum absolute atomic E-state index is 0.165. The highest BCUT2D eigenvalue weighted by atomic mass is 16.7. The summed E-state index contributed by atoms with van der Waals surface area (Å²) in [7, 11) is 0. The fraction of sp³-hybridized carbons (Fsp3) is 0.130. The van der Waals surface area contributed by atoms with Crippen molar-refractivity contribution < 1.29 is 14.4 Å². The van der Waals surface area contributed by atoms with Crippen LogP contribution in [0.25, 0.3) is 0 Å². The summed E-state index contributed by atoms with van der Waals surface area (Å²) in [4.78, 5) is 31.6. The fourth-order valence-electron chi connectivity index (χ4n) is 3.36. The van der Waals surface area contributed by atoms with E-state index >= 15 is 0 Å². The summed E-state index contributed by atoms with van der Waals surface area (Å²) in [6.07, 6.45) is 0.523. The van der Waals surface area contributed by atoms with E-state index in [1.165, 1.54) is 0 Å². The molecule has 3 aromatic carbocycles. The molecule has 4 heteroatoms. The Morgan fingerprint density at radius 2 is 1.33 bits per heavy atom. The van der Waals surface area contributed by atoms with Crippen LogP contribution in [-0.2, 0) is 22.7 Å². The van der Waals surface area contributed by atoms with Crippen molar-refractivity contribution in [3.05, 3.63) is 107 Å². The Labute approximate surface area is 158 Å². The first-order chi connectivity index (χ1) is 13.2. The molecule has 27 heavy (non-hydrogen) atoms. The zero-order chi connectivity index (χ0) is 18.6. The molecule has 0 bridgehead atoms. The molecular weight excluding hydrogens is 338 g/mol. The average molecular weight is 357 g/mol. The Balaban J connectivity index is 1.63. The lowest BCUT2D eigenvalue weighted by molar-refractivity contribution is -0.176. The molecule has 0 saturated heterocycles. The van der Waals surface area contributed by atoms with Gasteiger partial charge in [-0.3, -0.25) is 14.4 Å². The first kappa shape index (κ1) is 17.2. The number of carbonyl (C=O) groups is 2. The molecular formula is C23H19NO3. The van der Waals surface area contributed by atoms with Gasteiger partial charge in [0, 0.05) is 5.56 Å². The van der Waals surface area contributed by atoms with E-state index in [0.717, 1.165) is 21.8 Å². The standard InChI is InChI=1S/C23H19NO3/c25-22-20-14-8-7-13-19(20)21(15-17-9-3-1-4-10-17)23(26)24(22)27-16-18-11-5-2-6-12-18/h1-14,21H,15-16H2/t21-/m0/s1. The number of nitrogens with zero attached hydrogens (tertiary/aromatic N) is 1. The SMILES string of the molecule is O=C1c2ccccc2[C@H](Cc2ccccc2)C(=O)N1OCc1ccccc1. The summed E-state index contributed by atoms with van der Waals surface area (Å²) in [6.45, 7) is 0.165. The average Bonchev–Trinajstić information content (AvgIpc) is 2.72. The molecule has 0 radical (unpaired) electrons. The molecule has 3 aromatic rings.